The summed E-state index contributed by atoms with van der Waals surface area (Å²) in [7, 11) is 0. The molecule has 1 aromatic rings. The Morgan fingerprint density at radius 2 is 2.17 bits per heavy atom. The number of carboxylic acids is 1. The van der Waals surface area contributed by atoms with E-state index in [1.807, 2.05) is 0 Å². The SMILES string of the molecule is Cc1cccc(C(=O)NCC2(C(=O)O)CCC2)n1. The van der Waals surface area contributed by atoms with Crippen LogP contribution in [0.4, 0.5) is 0 Å². The van der Waals surface area contributed by atoms with Crippen LogP contribution in [0.1, 0.15) is 35.4 Å². The van der Waals surface area contributed by atoms with Gasteiger partial charge in [-0.1, -0.05) is 12.5 Å². The summed E-state index contributed by atoms with van der Waals surface area (Å²) in [6, 6.07) is 5.19. The number of hydrogen-bond acceptors (Lipinski definition) is 3. The molecule has 0 aliphatic heterocycles. The van der Waals surface area contributed by atoms with Crippen molar-refractivity contribution in [2.45, 2.75) is 26.2 Å². The fourth-order valence-corrected chi connectivity index (χ4v) is 2.08. The van der Waals surface area contributed by atoms with E-state index in [-0.39, 0.29) is 12.5 Å². The summed E-state index contributed by atoms with van der Waals surface area (Å²) in [5.41, 5.74) is 0.327. The zero-order chi connectivity index (χ0) is 13.2. The third kappa shape index (κ3) is 2.34. The van der Waals surface area contributed by atoms with Gasteiger partial charge in [0.2, 0.25) is 0 Å². The van der Waals surface area contributed by atoms with Crippen LogP contribution in [0.15, 0.2) is 18.2 Å². The smallest absolute Gasteiger partial charge is 0.311 e. The molecule has 1 aliphatic carbocycles. The minimum absolute atomic E-state index is 0.177. The molecule has 5 nitrogen and oxygen atoms in total. The number of aliphatic carboxylic acids is 1. The van der Waals surface area contributed by atoms with E-state index in [2.05, 4.69) is 10.3 Å². The molecule has 1 aliphatic rings. The first-order valence-corrected chi connectivity index (χ1v) is 5.99. The lowest BCUT2D eigenvalue weighted by molar-refractivity contribution is -0.153. The van der Waals surface area contributed by atoms with Gasteiger partial charge < -0.3 is 10.4 Å². The monoisotopic (exact) mass is 248 g/mol. The van der Waals surface area contributed by atoms with Gasteiger partial charge in [-0.05, 0) is 31.9 Å². The standard InChI is InChI=1S/C13H16N2O3/c1-9-4-2-5-10(15-9)11(16)14-8-13(12(17)18)6-3-7-13/h2,4-5H,3,6-8H2,1H3,(H,14,16)(H,17,18). The molecular formula is C13H16N2O3. The highest BCUT2D eigenvalue weighted by molar-refractivity contribution is 5.92. The number of amides is 1. The molecule has 96 valence electrons. The highest BCUT2D eigenvalue weighted by Gasteiger charge is 2.44. The second-order valence-electron chi connectivity index (χ2n) is 4.79. The van der Waals surface area contributed by atoms with E-state index in [1.54, 1.807) is 25.1 Å². The van der Waals surface area contributed by atoms with Crippen LogP contribution in [0.3, 0.4) is 0 Å². The number of rotatable bonds is 4. The van der Waals surface area contributed by atoms with Crippen molar-refractivity contribution in [3.8, 4) is 0 Å². The summed E-state index contributed by atoms with van der Waals surface area (Å²) >= 11 is 0. The zero-order valence-corrected chi connectivity index (χ0v) is 10.3. The van der Waals surface area contributed by atoms with E-state index in [0.29, 0.717) is 18.5 Å². The largest absolute Gasteiger partial charge is 0.481 e. The van der Waals surface area contributed by atoms with E-state index in [9.17, 15) is 9.59 Å². The third-order valence-electron chi connectivity index (χ3n) is 3.47. The summed E-state index contributed by atoms with van der Waals surface area (Å²) in [4.78, 5) is 27.1. The van der Waals surface area contributed by atoms with Gasteiger partial charge in [-0.3, -0.25) is 9.59 Å². The van der Waals surface area contributed by atoms with E-state index < -0.39 is 11.4 Å². The zero-order valence-electron chi connectivity index (χ0n) is 10.3. The van der Waals surface area contributed by atoms with Crippen LogP contribution >= 0.6 is 0 Å². The van der Waals surface area contributed by atoms with Crippen molar-refractivity contribution in [3.63, 3.8) is 0 Å². The maximum atomic E-state index is 11.8. The summed E-state index contributed by atoms with van der Waals surface area (Å²) < 4.78 is 0. The van der Waals surface area contributed by atoms with Crippen LogP contribution < -0.4 is 5.32 Å². The van der Waals surface area contributed by atoms with Crippen molar-refractivity contribution in [1.82, 2.24) is 10.3 Å². The van der Waals surface area contributed by atoms with Gasteiger partial charge in [0.25, 0.3) is 5.91 Å². The van der Waals surface area contributed by atoms with Crippen molar-refractivity contribution < 1.29 is 14.7 Å². The molecule has 2 N–H and O–H groups in total. The highest BCUT2D eigenvalue weighted by atomic mass is 16.4. The Kier molecular flexibility index (Phi) is 3.32. The number of aryl methyl sites for hydroxylation is 1. The Hall–Kier alpha value is -1.91. The molecule has 1 amide bonds. The van der Waals surface area contributed by atoms with E-state index in [0.717, 1.165) is 12.1 Å². The van der Waals surface area contributed by atoms with Crippen molar-refractivity contribution >= 4 is 11.9 Å². The minimum Gasteiger partial charge on any atom is -0.481 e. The molecule has 0 spiro atoms. The van der Waals surface area contributed by atoms with Gasteiger partial charge in [0.15, 0.2) is 0 Å². The van der Waals surface area contributed by atoms with Crippen molar-refractivity contribution in [1.29, 1.82) is 0 Å². The Balaban J connectivity index is 1.98. The second kappa shape index (κ2) is 4.76. The predicted molar refractivity (Wildman–Crippen MR) is 65.2 cm³/mol. The summed E-state index contributed by atoms with van der Waals surface area (Å²) in [6.07, 6.45) is 2.17. The Morgan fingerprint density at radius 3 is 2.67 bits per heavy atom. The lowest BCUT2D eigenvalue weighted by Crippen LogP contribution is -2.47. The first-order chi connectivity index (χ1) is 8.53. The summed E-state index contributed by atoms with van der Waals surface area (Å²) in [5, 5.41) is 11.8. The van der Waals surface area contributed by atoms with E-state index in [4.69, 9.17) is 5.11 Å². The molecule has 0 bridgehead atoms. The van der Waals surface area contributed by atoms with Gasteiger partial charge in [0, 0.05) is 12.2 Å². The fourth-order valence-electron chi connectivity index (χ4n) is 2.08. The van der Waals surface area contributed by atoms with Gasteiger partial charge in [-0.25, -0.2) is 4.98 Å². The molecule has 1 heterocycles. The lowest BCUT2D eigenvalue weighted by atomic mass is 9.69. The van der Waals surface area contributed by atoms with E-state index in [1.165, 1.54) is 0 Å². The van der Waals surface area contributed by atoms with Gasteiger partial charge >= 0.3 is 5.97 Å². The van der Waals surface area contributed by atoms with Crippen LogP contribution in [-0.2, 0) is 4.79 Å². The molecule has 0 radical (unpaired) electrons. The van der Waals surface area contributed by atoms with Crippen LogP contribution in [0, 0.1) is 12.3 Å². The number of aromatic nitrogens is 1. The predicted octanol–water partition coefficient (Wildman–Crippen LogP) is 1.37. The number of nitrogens with one attached hydrogen (secondary N) is 1. The summed E-state index contributed by atoms with van der Waals surface area (Å²) in [6.45, 7) is 1.98. The summed E-state index contributed by atoms with van der Waals surface area (Å²) in [5.74, 6) is -1.14. The van der Waals surface area contributed by atoms with Crippen LogP contribution in [0.5, 0.6) is 0 Å². The molecule has 5 heteroatoms. The van der Waals surface area contributed by atoms with Gasteiger partial charge in [-0.15, -0.1) is 0 Å². The van der Waals surface area contributed by atoms with Crippen LogP contribution in [0.25, 0.3) is 0 Å². The minimum atomic E-state index is -0.828. The van der Waals surface area contributed by atoms with Gasteiger partial charge in [-0.2, -0.15) is 0 Å². The molecule has 18 heavy (non-hydrogen) atoms. The quantitative estimate of drug-likeness (QED) is 0.843. The number of carboxylic acid groups (broad SMARTS) is 1. The number of carbonyl (C=O) groups excluding carboxylic acids is 1. The van der Waals surface area contributed by atoms with Crippen molar-refractivity contribution in [2.24, 2.45) is 5.41 Å². The lowest BCUT2D eigenvalue weighted by Gasteiger charge is -2.37. The normalized spacial score (nSPS) is 16.7. The molecule has 0 unspecified atom stereocenters. The number of pyridine rings is 1. The average molecular weight is 248 g/mol. The van der Waals surface area contributed by atoms with Gasteiger partial charge in [0.05, 0.1) is 5.41 Å². The van der Waals surface area contributed by atoms with Crippen molar-refractivity contribution in [3.05, 3.63) is 29.6 Å². The van der Waals surface area contributed by atoms with Gasteiger partial charge in [0.1, 0.15) is 5.69 Å². The molecule has 0 aromatic carbocycles. The first-order valence-electron chi connectivity index (χ1n) is 5.99. The van der Waals surface area contributed by atoms with Crippen molar-refractivity contribution in [2.75, 3.05) is 6.54 Å². The number of nitrogens with zero attached hydrogens (tertiary/aromatic N) is 1. The molecule has 0 saturated heterocycles. The second-order valence-corrected chi connectivity index (χ2v) is 4.79. The molecule has 0 atom stereocenters. The molecule has 2 rings (SSSR count). The molecular weight excluding hydrogens is 232 g/mol. The topological polar surface area (TPSA) is 79.3 Å². The Morgan fingerprint density at radius 1 is 1.44 bits per heavy atom. The molecule has 1 saturated carbocycles. The fraction of sp³-hybridized carbons (Fsp3) is 0.462. The first kappa shape index (κ1) is 12.5. The number of hydrogen-bond donors (Lipinski definition) is 2. The average Bonchev–Trinajstić information content (AvgIpc) is 2.26. The Bertz CT molecular complexity index is 481. The third-order valence-corrected chi connectivity index (χ3v) is 3.47. The molecule has 1 aromatic heterocycles. The number of carbonyl (C=O) groups is 2. The maximum absolute atomic E-state index is 11.8. The molecule has 1 fully saturated rings. The highest BCUT2D eigenvalue weighted by Crippen LogP contribution is 2.40. The van der Waals surface area contributed by atoms with Crippen LogP contribution in [0.2, 0.25) is 0 Å². The van der Waals surface area contributed by atoms with Crippen LogP contribution in [-0.4, -0.2) is 28.5 Å². The van der Waals surface area contributed by atoms with E-state index >= 15 is 0 Å². The Labute approximate surface area is 105 Å². The maximum Gasteiger partial charge on any atom is 0.311 e.